The minimum absolute atomic E-state index is 0.0134. The zero-order valence-corrected chi connectivity index (χ0v) is 10.3. The Balaban J connectivity index is 2.73. The van der Waals surface area contributed by atoms with E-state index in [2.05, 4.69) is 5.10 Å². The molecule has 0 unspecified atom stereocenters. The first-order valence-corrected chi connectivity index (χ1v) is 5.69. The molecule has 0 atom stereocenters. The number of benzene rings is 1. The van der Waals surface area contributed by atoms with E-state index < -0.39 is 5.97 Å². The molecule has 0 aliphatic heterocycles. The molecule has 0 saturated carbocycles. The van der Waals surface area contributed by atoms with Crippen LogP contribution in [0.15, 0.2) is 18.2 Å². The van der Waals surface area contributed by atoms with Gasteiger partial charge in [-0.05, 0) is 32.4 Å². The number of aryl methyl sites for hydroxylation is 1. The first-order chi connectivity index (χ1) is 8.00. The molecule has 2 aromatic rings. The quantitative estimate of drug-likeness (QED) is 0.884. The van der Waals surface area contributed by atoms with Gasteiger partial charge in [-0.1, -0.05) is 12.1 Å². The number of hydrogen-bond acceptors (Lipinski definition) is 2. The lowest BCUT2D eigenvalue weighted by Gasteiger charge is -2.09. The molecule has 4 heteroatoms. The molecular weight excluding hydrogens is 216 g/mol. The third-order valence-electron chi connectivity index (χ3n) is 2.84. The zero-order valence-electron chi connectivity index (χ0n) is 10.3. The molecule has 1 aromatic heterocycles. The highest BCUT2D eigenvalue weighted by Crippen LogP contribution is 2.25. The number of fused-ring (bicyclic) bond motifs is 1. The van der Waals surface area contributed by atoms with E-state index in [0.29, 0.717) is 0 Å². The third-order valence-corrected chi connectivity index (χ3v) is 2.84. The van der Waals surface area contributed by atoms with Crippen LogP contribution in [0.3, 0.4) is 0 Å². The number of hydrogen-bond donors (Lipinski definition) is 1. The maximum absolute atomic E-state index is 11.0. The van der Waals surface area contributed by atoms with Gasteiger partial charge in [-0.3, -0.25) is 9.48 Å². The maximum atomic E-state index is 11.0. The van der Waals surface area contributed by atoms with Gasteiger partial charge in [0.05, 0.1) is 17.6 Å². The average molecular weight is 232 g/mol. The van der Waals surface area contributed by atoms with Crippen molar-refractivity contribution in [3.63, 3.8) is 0 Å². The number of aromatic nitrogens is 2. The lowest BCUT2D eigenvalue weighted by atomic mass is 10.1. The van der Waals surface area contributed by atoms with Crippen LogP contribution < -0.4 is 0 Å². The molecule has 0 fully saturated rings. The molecule has 1 N–H and O–H groups in total. The van der Waals surface area contributed by atoms with Crippen molar-refractivity contribution >= 4 is 16.9 Å². The molecule has 0 saturated heterocycles. The largest absolute Gasteiger partial charge is 0.481 e. The molecule has 2 rings (SSSR count). The van der Waals surface area contributed by atoms with E-state index in [1.165, 1.54) is 0 Å². The Labute approximate surface area is 99.9 Å². The normalized spacial score (nSPS) is 11.3. The van der Waals surface area contributed by atoms with Gasteiger partial charge >= 0.3 is 5.97 Å². The number of nitrogens with zero attached hydrogens (tertiary/aromatic N) is 2. The van der Waals surface area contributed by atoms with Crippen molar-refractivity contribution in [2.45, 2.75) is 33.2 Å². The third kappa shape index (κ3) is 2.02. The summed E-state index contributed by atoms with van der Waals surface area (Å²) in [6.07, 6.45) is 0.0134. The Bertz CT molecular complexity index is 570. The summed E-state index contributed by atoms with van der Waals surface area (Å²) in [4.78, 5) is 11.0. The van der Waals surface area contributed by atoms with Crippen molar-refractivity contribution in [3.05, 3.63) is 29.5 Å². The Kier molecular flexibility index (Phi) is 2.88. The van der Waals surface area contributed by atoms with Gasteiger partial charge in [0.25, 0.3) is 0 Å². The van der Waals surface area contributed by atoms with Crippen molar-refractivity contribution in [1.82, 2.24) is 9.78 Å². The summed E-state index contributed by atoms with van der Waals surface area (Å²) >= 11 is 0. The number of carboxylic acid groups (broad SMARTS) is 1. The van der Waals surface area contributed by atoms with Crippen molar-refractivity contribution in [2.75, 3.05) is 0 Å². The highest BCUT2D eigenvalue weighted by molar-refractivity contribution is 5.88. The highest BCUT2D eigenvalue weighted by Gasteiger charge is 2.17. The Morgan fingerprint density at radius 1 is 1.47 bits per heavy atom. The van der Waals surface area contributed by atoms with Crippen LogP contribution >= 0.6 is 0 Å². The van der Waals surface area contributed by atoms with Crippen molar-refractivity contribution < 1.29 is 9.90 Å². The van der Waals surface area contributed by atoms with E-state index >= 15 is 0 Å². The fraction of sp³-hybridized carbons (Fsp3) is 0.385. The zero-order chi connectivity index (χ0) is 12.6. The maximum Gasteiger partial charge on any atom is 0.309 e. The predicted octanol–water partition coefficient (Wildman–Crippen LogP) is 2.55. The van der Waals surface area contributed by atoms with Crippen LogP contribution in [0.25, 0.3) is 10.9 Å². The molecule has 17 heavy (non-hydrogen) atoms. The molecule has 0 aliphatic rings. The van der Waals surface area contributed by atoms with Crippen molar-refractivity contribution in [2.24, 2.45) is 0 Å². The standard InChI is InChI=1S/C13H16N2O2/c1-8(2)15-11(7-12(16)17)13-9(3)5-4-6-10(13)14-15/h4-6,8H,7H2,1-3H3,(H,16,17). The molecule has 0 radical (unpaired) electrons. The van der Waals surface area contributed by atoms with Gasteiger partial charge in [-0.15, -0.1) is 0 Å². The molecule has 1 heterocycles. The van der Waals surface area contributed by atoms with Gasteiger partial charge in [0.1, 0.15) is 0 Å². The molecule has 90 valence electrons. The summed E-state index contributed by atoms with van der Waals surface area (Å²) in [6.45, 7) is 6.00. The van der Waals surface area contributed by atoms with E-state index in [1.54, 1.807) is 0 Å². The second-order valence-electron chi connectivity index (χ2n) is 4.52. The smallest absolute Gasteiger partial charge is 0.309 e. The lowest BCUT2D eigenvalue weighted by Crippen LogP contribution is -2.11. The Morgan fingerprint density at radius 3 is 2.76 bits per heavy atom. The molecule has 0 spiro atoms. The Hall–Kier alpha value is -1.84. The van der Waals surface area contributed by atoms with Crippen LogP contribution in [0.5, 0.6) is 0 Å². The summed E-state index contributed by atoms with van der Waals surface area (Å²) in [5.41, 5.74) is 2.74. The second kappa shape index (κ2) is 4.20. The van der Waals surface area contributed by atoms with E-state index in [-0.39, 0.29) is 12.5 Å². The molecular formula is C13H16N2O2. The summed E-state index contributed by atoms with van der Waals surface area (Å²) in [5, 5.41) is 14.5. The minimum atomic E-state index is -0.822. The van der Waals surface area contributed by atoms with Crippen LogP contribution in [0.2, 0.25) is 0 Å². The summed E-state index contributed by atoms with van der Waals surface area (Å²) in [7, 11) is 0. The summed E-state index contributed by atoms with van der Waals surface area (Å²) < 4.78 is 1.81. The van der Waals surface area contributed by atoms with E-state index in [1.807, 2.05) is 43.7 Å². The molecule has 1 aromatic carbocycles. The molecule has 4 nitrogen and oxygen atoms in total. The van der Waals surface area contributed by atoms with E-state index in [4.69, 9.17) is 5.11 Å². The van der Waals surface area contributed by atoms with Gasteiger partial charge in [0, 0.05) is 11.4 Å². The fourth-order valence-corrected chi connectivity index (χ4v) is 2.14. The number of carboxylic acids is 1. The van der Waals surface area contributed by atoms with Crippen LogP contribution in [0.4, 0.5) is 0 Å². The van der Waals surface area contributed by atoms with Gasteiger partial charge in [-0.2, -0.15) is 5.10 Å². The van der Waals surface area contributed by atoms with Crippen molar-refractivity contribution in [3.8, 4) is 0 Å². The lowest BCUT2D eigenvalue weighted by molar-refractivity contribution is -0.136. The SMILES string of the molecule is Cc1cccc2nn(C(C)C)c(CC(=O)O)c12. The summed E-state index contributed by atoms with van der Waals surface area (Å²) in [6, 6.07) is 6.02. The molecule has 0 aliphatic carbocycles. The average Bonchev–Trinajstić information content (AvgIpc) is 2.57. The van der Waals surface area contributed by atoms with Gasteiger partial charge < -0.3 is 5.11 Å². The van der Waals surface area contributed by atoms with Crippen molar-refractivity contribution in [1.29, 1.82) is 0 Å². The monoisotopic (exact) mass is 232 g/mol. The van der Waals surface area contributed by atoms with E-state index in [9.17, 15) is 4.79 Å². The van der Waals surface area contributed by atoms with Crippen LogP contribution in [-0.2, 0) is 11.2 Å². The molecule has 0 bridgehead atoms. The van der Waals surface area contributed by atoms with Crippen LogP contribution in [-0.4, -0.2) is 20.9 Å². The van der Waals surface area contributed by atoms with E-state index in [0.717, 1.165) is 22.2 Å². The number of rotatable bonds is 3. The van der Waals surface area contributed by atoms with Crippen LogP contribution in [0, 0.1) is 6.92 Å². The predicted molar refractivity (Wildman–Crippen MR) is 66.2 cm³/mol. The first-order valence-electron chi connectivity index (χ1n) is 5.69. The minimum Gasteiger partial charge on any atom is -0.481 e. The summed E-state index contributed by atoms with van der Waals surface area (Å²) in [5.74, 6) is -0.822. The Morgan fingerprint density at radius 2 is 2.18 bits per heavy atom. The van der Waals surface area contributed by atoms with Crippen LogP contribution in [0.1, 0.15) is 31.1 Å². The number of carbonyl (C=O) groups is 1. The topological polar surface area (TPSA) is 55.1 Å². The highest BCUT2D eigenvalue weighted by atomic mass is 16.4. The van der Waals surface area contributed by atoms with Gasteiger partial charge in [0.2, 0.25) is 0 Å². The molecule has 0 amide bonds. The van der Waals surface area contributed by atoms with Gasteiger partial charge in [0.15, 0.2) is 0 Å². The van der Waals surface area contributed by atoms with Gasteiger partial charge in [-0.25, -0.2) is 0 Å². The fourth-order valence-electron chi connectivity index (χ4n) is 2.14. The second-order valence-corrected chi connectivity index (χ2v) is 4.52. The number of aliphatic carboxylic acids is 1. The first kappa shape index (κ1) is 11.6.